The second-order valence-electron chi connectivity index (χ2n) is 4.15. The molecule has 0 aliphatic rings. The van der Waals surface area contributed by atoms with E-state index in [1.807, 2.05) is 31.2 Å². The zero-order valence-corrected chi connectivity index (χ0v) is 10.7. The van der Waals surface area contributed by atoms with E-state index in [0.717, 1.165) is 17.2 Å². The van der Waals surface area contributed by atoms with Gasteiger partial charge < -0.3 is 20.2 Å². The fourth-order valence-electron chi connectivity index (χ4n) is 1.59. The number of carbonyl (C=O) groups excluding carboxylic acids is 1. The van der Waals surface area contributed by atoms with Gasteiger partial charge in [-0.2, -0.15) is 0 Å². The van der Waals surface area contributed by atoms with Gasteiger partial charge in [-0.25, -0.2) is 0 Å². The van der Waals surface area contributed by atoms with Crippen molar-refractivity contribution in [2.24, 2.45) is 5.73 Å². The summed E-state index contributed by atoms with van der Waals surface area (Å²) in [5, 5.41) is 3.23. The maximum Gasteiger partial charge on any atom is 0.255 e. The molecule has 0 saturated carbocycles. The van der Waals surface area contributed by atoms with Gasteiger partial charge in [-0.05, 0) is 43.3 Å². The maximum absolute atomic E-state index is 10.6. The Kier molecular flexibility index (Phi) is 4.07. The quantitative estimate of drug-likeness (QED) is 0.833. The first-order chi connectivity index (χ1) is 9.13. The molecule has 0 bridgehead atoms. The minimum Gasteiger partial charge on any atom is -0.484 e. The zero-order valence-electron chi connectivity index (χ0n) is 10.7. The van der Waals surface area contributed by atoms with Gasteiger partial charge in [0.2, 0.25) is 0 Å². The first-order valence-corrected chi connectivity index (χ1v) is 5.94. The number of hydrogen-bond acceptors (Lipinski definition) is 4. The Morgan fingerprint density at radius 1 is 1.26 bits per heavy atom. The lowest BCUT2D eigenvalue weighted by atomic mass is 10.3. The van der Waals surface area contributed by atoms with Crippen molar-refractivity contribution in [1.82, 2.24) is 0 Å². The highest BCUT2D eigenvalue weighted by atomic mass is 16.5. The van der Waals surface area contributed by atoms with Crippen LogP contribution in [0.15, 0.2) is 40.8 Å². The minimum absolute atomic E-state index is 0.113. The van der Waals surface area contributed by atoms with Crippen LogP contribution in [0.2, 0.25) is 0 Å². The van der Waals surface area contributed by atoms with Crippen molar-refractivity contribution < 1.29 is 13.9 Å². The van der Waals surface area contributed by atoms with Crippen LogP contribution in [-0.4, -0.2) is 12.5 Å². The van der Waals surface area contributed by atoms with Gasteiger partial charge >= 0.3 is 0 Å². The van der Waals surface area contributed by atoms with E-state index in [2.05, 4.69) is 5.32 Å². The Balaban J connectivity index is 1.86. The standard InChI is InChI=1S/C14H16N2O3/c1-10-2-5-13(19-10)8-16-11-3-6-12(7-4-11)18-9-14(15)17/h2-7,16H,8-9H2,1H3,(H2,15,17). The second kappa shape index (κ2) is 5.95. The van der Waals surface area contributed by atoms with Gasteiger partial charge in [0.15, 0.2) is 6.61 Å². The summed E-state index contributed by atoms with van der Waals surface area (Å²) < 4.78 is 10.6. The summed E-state index contributed by atoms with van der Waals surface area (Å²) in [5.74, 6) is 1.90. The highest BCUT2D eigenvalue weighted by Gasteiger charge is 2.00. The molecule has 3 N–H and O–H groups in total. The van der Waals surface area contributed by atoms with E-state index < -0.39 is 5.91 Å². The van der Waals surface area contributed by atoms with E-state index in [1.165, 1.54) is 0 Å². The third kappa shape index (κ3) is 4.06. The second-order valence-corrected chi connectivity index (χ2v) is 4.15. The summed E-state index contributed by atoms with van der Waals surface area (Å²) in [5.41, 5.74) is 5.94. The average Bonchev–Trinajstić information content (AvgIpc) is 2.81. The van der Waals surface area contributed by atoms with Crippen molar-refractivity contribution in [2.75, 3.05) is 11.9 Å². The lowest BCUT2D eigenvalue weighted by Gasteiger charge is -2.07. The number of rotatable bonds is 6. The predicted molar refractivity (Wildman–Crippen MR) is 71.9 cm³/mol. The van der Waals surface area contributed by atoms with Crippen LogP contribution in [0.5, 0.6) is 5.75 Å². The molecule has 0 radical (unpaired) electrons. The number of aryl methyl sites for hydroxylation is 1. The highest BCUT2D eigenvalue weighted by Crippen LogP contribution is 2.16. The van der Waals surface area contributed by atoms with E-state index in [1.54, 1.807) is 12.1 Å². The summed E-state index contributed by atoms with van der Waals surface area (Å²) in [6, 6.07) is 11.2. The van der Waals surface area contributed by atoms with E-state index in [0.29, 0.717) is 12.3 Å². The van der Waals surface area contributed by atoms with E-state index in [9.17, 15) is 4.79 Å². The Bertz CT molecular complexity index is 546. The van der Waals surface area contributed by atoms with Gasteiger partial charge in [0.1, 0.15) is 17.3 Å². The van der Waals surface area contributed by atoms with Gasteiger partial charge in [-0.1, -0.05) is 0 Å². The molecule has 0 fully saturated rings. The Morgan fingerprint density at radius 3 is 2.58 bits per heavy atom. The minimum atomic E-state index is -0.490. The zero-order chi connectivity index (χ0) is 13.7. The molecule has 0 spiro atoms. The van der Waals surface area contributed by atoms with Crippen molar-refractivity contribution >= 4 is 11.6 Å². The number of primary amides is 1. The smallest absolute Gasteiger partial charge is 0.255 e. The SMILES string of the molecule is Cc1ccc(CNc2ccc(OCC(N)=O)cc2)o1. The van der Waals surface area contributed by atoms with E-state index in [-0.39, 0.29) is 6.61 Å². The first-order valence-electron chi connectivity index (χ1n) is 5.94. The van der Waals surface area contributed by atoms with Crippen LogP contribution in [-0.2, 0) is 11.3 Å². The van der Waals surface area contributed by atoms with Crippen LogP contribution in [0.1, 0.15) is 11.5 Å². The van der Waals surface area contributed by atoms with E-state index >= 15 is 0 Å². The number of furan rings is 1. The summed E-state index contributed by atoms with van der Waals surface area (Å²) >= 11 is 0. The molecule has 5 nitrogen and oxygen atoms in total. The van der Waals surface area contributed by atoms with Gasteiger partial charge in [0.05, 0.1) is 6.54 Å². The molecule has 0 saturated heterocycles. The van der Waals surface area contributed by atoms with Crippen LogP contribution >= 0.6 is 0 Å². The predicted octanol–water partition coefficient (Wildman–Crippen LogP) is 2.06. The van der Waals surface area contributed by atoms with Gasteiger partial charge in [0, 0.05) is 5.69 Å². The molecule has 2 rings (SSSR count). The molecule has 19 heavy (non-hydrogen) atoms. The largest absolute Gasteiger partial charge is 0.484 e. The van der Waals surface area contributed by atoms with Crippen molar-refractivity contribution in [1.29, 1.82) is 0 Å². The van der Waals surface area contributed by atoms with Crippen LogP contribution < -0.4 is 15.8 Å². The number of benzene rings is 1. The Labute approximate surface area is 111 Å². The summed E-state index contributed by atoms with van der Waals surface area (Å²) in [6.45, 7) is 2.42. The van der Waals surface area contributed by atoms with Crippen molar-refractivity contribution in [3.8, 4) is 5.75 Å². The summed E-state index contributed by atoms with van der Waals surface area (Å²) in [6.07, 6.45) is 0. The molecule has 0 aliphatic heterocycles. The van der Waals surface area contributed by atoms with Gasteiger partial charge in [-0.15, -0.1) is 0 Å². The Hall–Kier alpha value is -2.43. The number of amides is 1. The molecular weight excluding hydrogens is 244 g/mol. The molecule has 2 aromatic rings. The number of nitrogens with one attached hydrogen (secondary N) is 1. The molecule has 1 heterocycles. The molecule has 0 aliphatic carbocycles. The topological polar surface area (TPSA) is 77.5 Å². The van der Waals surface area contributed by atoms with Crippen LogP contribution in [0.25, 0.3) is 0 Å². The maximum atomic E-state index is 10.6. The number of anilines is 1. The normalized spacial score (nSPS) is 10.2. The molecule has 1 aromatic carbocycles. The summed E-state index contributed by atoms with van der Waals surface area (Å²) in [7, 11) is 0. The average molecular weight is 260 g/mol. The van der Waals surface area contributed by atoms with E-state index in [4.69, 9.17) is 14.9 Å². The molecule has 1 amide bonds. The third-order valence-electron chi connectivity index (χ3n) is 2.50. The number of nitrogens with two attached hydrogens (primary N) is 1. The molecule has 0 unspecified atom stereocenters. The molecular formula is C14H16N2O3. The lowest BCUT2D eigenvalue weighted by molar-refractivity contribution is -0.119. The summed E-state index contributed by atoms with van der Waals surface area (Å²) in [4.78, 5) is 10.6. The fraction of sp³-hybridized carbons (Fsp3) is 0.214. The number of hydrogen-bond donors (Lipinski definition) is 2. The van der Waals surface area contributed by atoms with Crippen molar-refractivity contribution in [3.05, 3.63) is 47.9 Å². The first kappa shape index (κ1) is 13.0. The van der Waals surface area contributed by atoms with Gasteiger partial charge in [0.25, 0.3) is 5.91 Å². The number of carbonyl (C=O) groups is 1. The Morgan fingerprint density at radius 2 is 2.00 bits per heavy atom. The fourth-order valence-corrected chi connectivity index (χ4v) is 1.59. The molecule has 0 atom stereocenters. The third-order valence-corrected chi connectivity index (χ3v) is 2.50. The lowest BCUT2D eigenvalue weighted by Crippen LogP contribution is -2.19. The van der Waals surface area contributed by atoms with Gasteiger partial charge in [-0.3, -0.25) is 4.79 Å². The monoisotopic (exact) mass is 260 g/mol. The number of ether oxygens (including phenoxy) is 1. The molecule has 5 heteroatoms. The van der Waals surface area contributed by atoms with Crippen LogP contribution in [0.4, 0.5) is 5.69 Å². The highest BCUT2D eigenvalue weighted by molar-refractivity contribution is 5.75. The van der Waals surface area contributed by atoms with Crippen molar-refractivity contribution in [2.45, 2.75) is 13.5 Å². The van der Waals surface area contributed by atoms with Crippen LogP contribution in [0.3, 0.4) is 0 Å². The molecule has 1 aromatic heterocycles. The van der Waals surface area contributed by atoms with Crippen LogP contribution in [0, 0.1) is 6.92 Å². The van der Waals surface area contributed by atoms with Crippen molar-refractivity contribution in [3.63, 3.8) is 0 Å². The molecule has 100 valence electrons.